The first-order chi connectivity index (χ1) is 16.4. The van der Waals surface area contributed by atoms with E-state index in [4.69, 9.17) is 11.5 Å². The molecule has 8 heteroatoms. The maximum Gasteiger partial charge on any atom is 0.265 e. The Balaban J connectivity index is 1.88. The number of fused-ring (bicyclic) bond motifs is 2. The SMILES string of the molecule is Nc1ccccc1N1C(=O)c2cc(F)ccc2N(c2ccccc2N)C(=O)c2cc(F)ccc21. The third-order valence-corrected chi connectivity index (χ3v) is 5.62. The molecule has 4 aromatic carbocycles. The lowest BCUT2D eigenvalue weighted by Crippen LogP contribution is -2.37. The van der Waals surface area contributed by atoms with Crippen LogP contribution in [0, 0.1) is 11.6 Å². The Morgan fingerprint density at radius 2 is 0.912 bits per heavy atom. The van der Waals surface area contributed by atoms with Gasteiger partial charge < -0.3 is 11.5 Å². The molecule has 1 aliphatic heterocycles. The lowest BCUT2D eigenvalue weighted by atomic mass is 10.0. The van der Waals surface area contributed by atoms with Crippen LogP contribution in [0.1, 0.15) is 20.7 Å². The number of anilines is 6. The van der Waals surface area contributed by atoms with E-state index >= 15 is 0 Å². The summed E-state index contributed by atoms with van der Waals surface area (Å²) >= 11 is 0. The molecule has 168 valence electrons. The second kappa shape index (κ2) is 8.00. The molecule has 6 nitrogen and oxygen atoms in total. The smallest absolute Gasteiger partial charge is 0.265 e. The zero-order valence-electron chi connectivity index (χ0n) is 17.7. The van der Waals surface area contributed by atoms with E-state index in [9.17, 15) is 18.4 Å². The number of nitrogen functional groups attached to an aromatic ring is 2. The van der Waals surface area contributed by atoms with Crippen molar-refractivity contribution < 1.29 is 18.4 Å². The molecule has 0 bridgehead atoms. The summed E-state index contributed by atoms with van der Waals surface area (Å²) in [5.41, 5.74) is 13.4. The van der Waals surface area contributed by atoms with Gasteiger partial charge in [0.15, 0.2) is 0 Å². The van der Waals surface area contributed by atoms with Gasteiger partial charge in [-0.3, -0.25) is 19.4 Å². The van der Waals surface area contributed by atoms with Crippen molar-refractivity contribution in [3.05, 3.63) is 108 Å². The molecule has 0 saturated carbocycles. The van der Waals surface area contributed by atoms with Gasteiger partial charge in [-0.15, -0.1) is 0 Å². The van der Waals surface area contributed by atoms with Crippen molar-refractivity contribution in [3.8, 4) is 0 Å². The average molecular weight is 456 g/mol. The number of rotatable bonds is 2. The summed E-state index contributed by atoms with van der Waals surface area (Å²) in [6.07, 6.45) is 0. The zero-order valence-corrected chi connectivity index (χ0v) is 17.7. The number of hydrogen-bond donors (Lipinski definition) is 2. The summed E-state index contributed by atoms with van der Waals surface area (Å²) in [4.78, 5) is 30.3. The molecule has 0 aliphatic carbocycles. The van der Waals surface area contributed by atoms with Crippen LogP contribution in [-0.2, 0) is 0 Å². The molecular formula is C26H18F2N4O2. The van der Waals surface area contributed by atoms with Crippen LogP contribution >= 0.6 is 0 Å². The van der Waals surface area contributed by atoms with E-state index in [-0.39, 0.29) is 45.3 Å². The summed E-state index contributed by atoms with van der Waals surface area (Å²) in [5, 5.41) is 0. The van der Waals surface area contributed by atoms with Crippen LogP contribution in [0.4, 0.5) is 42.9 Å². The topological polar surface area (TPSA) is 92.7 Å². The van der Waals surface area contributed by atoms with Crippen LogP contribution in [0.25, 0.3) is 0 Å². The first-order valence-corrected chi connectivity index (χ1v) is 10.3. The van der Waals surface area contributed by atoms with Crippen LogP contribution in [0.15, 0.2) is 84.9 Å². The number of carbonyl (C=O) groups excluding carboxylic acids is 2. The van der Waals surface area contributed by atoms with Crippen molar-refractivity contribution in [1.82, 2.24) is 0 Å². The van der Waals surface area contributed by atoms with Crippen molar-refractivity contribution in [2.45, 2.75) is 0 Å². The molecular weight excluding hydrogens is 438 g/mol. The van der Waals surface area contributed by atoms with Gasteiger partial charge in [0.05, 0.1) is 45.3 Å². The summed E-state index contributed by atoms with van der Waals surface area (Å²) in [6, 6.07) is 20.1. The largest absolute Gasteiger partial charge is 0.397 e. The van der Waals surface area contributed by atoms with E-state index in [0.717, 1.165) is 24.3 Å². The molecule has 0 fully saturated rings. The molecule has 2 amide bonds. The average Bonchev–Trinajstić information content (AvgIpc) is 2.82. The molecule has 0 unspecified atom stereocenters. The van der Waals surface area contributed by atoms with Crippen LogP contribution in [0.2, 0.25) is 0 Å². The van der Waals surface area contributed by atoms with Gasteiger partial charge in [0.1, 0.15) is 11.6 Å². The van der Waals surface area contributed by atoms with Gasteiger partial charge in [-0.05, 0) is 60.7 Å². The van der Waals surface area contributed by atoms with Crippen molar-refractivity contribution in [3.63, 3.8) is 0 Å². The lowest BCUT2D eigenvalue weighted by molar-refractivity contribution is 0.0988. The highest BCUT2D eigenvalue weighted by atomic mass is 19.1. The standard InChI is InChI=1S/C26H18F2N4O2/c27-15-9-11-21-17(13-15)26(34)32(24-8-4-2-6-20(24)30)22-12-10-16(28)14-18(22)25(33)31(21)23-7-3-1-5-19(23)29/h1-14H,29-30H2. The van der Waals surface area contributed by atoms with E-state index in [0.29, 0.717) is 0 Å². The predicted octanol–water partition coefficient (Wildman–Crippen LogP) is 5.40. The van der Waals surface area contributed by atoms with E-state index in [2.05, 4.69) is 0 Å². The van der Waals surface area contributed by atoms with Gasteiger partial charge in [-0.25, -0.2) is 8.78 Å². The number of halogens is 2. The van der Waals surface area contributed by atoms with Gasteiger partial charge >= 0.3 is 0 Å². The van der Waals surface area contributed by atoms with Crippen LogP contribution in [0.3, 0.4) is 0 Å². The van der Waals surface area contributed by atoms with Gasteiger partial charge in [-0.1, -0.05) is 24.3 Å². The normalized spacial score (nSPS) is 13.2. The fourth-order valence-electron chi connectivity index (χ4n) is 4.07. The van der Waals surface area contributed by atoms with Crippen molar-refractivity contribution in [1.29, 1.82) is 0 Å². The van der Waals surface area contributed by atoms with E-state index in [1.165, 1.54) is 21.9 Å². The fourth-order valence-corrected chi connectivity index (χ4v) is 4.07. The maximum atomic E-state index is 14.4. The predicted molar refractivity (Wildman–Crippen MR) is 127 cm³/mol. The molecule has 5 rings (SSSR count). The minimum absolute atomic E-state index is 0.0881. The minimum atomic E-state index is -0.665. The Bertz CT molecular complexity index is 1360. The molecule has 0 radical (unpaired) electrons. The Labute approximate surface area is 193 Å². The number of carbonyl (C=O) groups is 2. The number of para-hydroxylation sites is 4. The quantitative estimate of drug-likeness (QED) is 0.395. The highest BCUT2D eigenvalue weighted by molar-refractivity contribution is 6.25. The van der Waals surface area contributed by atoms with Crippen LogP contribution in [-0.4, -0.2) is 11.8 Å². The third kappa shape index (κ3) is 3.32. The molecule has 0 aromatic heterocycles. The third-order valence-electron chi connectivity index (χ3n) is 5.62. The molecule has 34 heavy (non-hydrogen) atoms. The lowest BCUT2D eigenvalue weighted by Gasteiger charge is -2.34. The number of nitrogens with two attached hydrogens (primary N) is 2. The maximum absolute atomic E-state index is 14.4. The number of benzene rings is 4. The number of hydrogen-bond acceptors (Lipinski definition) is 4. The Morgan fingerprint density at radius 3 is 1.29 bits per heavy atom. The monoisotopic (exact) mass is 456 g/mol. The van der Waals surface area contributed by atoms with E-state index in [1.807, 2.05) is 0 Å². The van der Waals surface area contributed by atoms with Crippen LogP contribution < -0.4 is 21.3 Å². The molecule has 0 spiro atoms. The first kappa shape index (κ1) is 21.1. The zero-order chi connectivity index (χ0) is 24.0. The summed E-state index contributed by atoms with van der Waals surface area (Å²) in [7, 11) is 0. The van der Waals surface area contributed by atoms with Gasteiger partial charge in [0.2, 0.25) is 0 Å². The molecule has 1 aliphatic rings. The summed E-state index contributed by atoms with van der Waals surface area (Å²) in [5.74, 6) is -2.62. The minimum Gasteiger partial charge on any atom is -0.397 e. The summed E-state index contributed by atoms with van der Waals surface area (Å²) in [6.45, 7) is 0. The van der Waals surface area contributed by atoms with Gasteiger partial charge in [0, 0.05) is 0 Å². The van der Waals surface area contributed by atoms with Gasteiger partial charge in [-0.2, -0.15) is 0 Å². The van der Waals surface area contributed by atoms with E-state index < -0.39 is 23.4 Å². The number of amides is 2. The van der Waals surface area contributed by atoms with Crippen molar-refractivity contribution in [2.75, 3.05) is 21.3 Å². The Kier molecular flexibility index (Phi) is 4.98. The molecule has 1 heterocycles. The fraction of sp³-hybridized carbons (Fsp3) is 0. The second-order valence-electron chi connectivity index (χ2n) is 7.72. The first-order valence-electron chi connectivity index (χ1n) is 10.3. The molecule has 4 N–H and O–H groups in total. The van der Waals surface area contributed by atoms with Crippen LogP contribution in [0.5, 0.6) is 0 Å². The Morgan fingerprint density at radius 1 is 0.529 bits per heavy atom. The number of nitrogens with zero attached hydrogens (tertiary/aromatic N) is 2. The molecule has 0 saturated heterocycles. The molecule has 4 aromatic rings. The molecule has 0 atom stereocenters. The van der Waals surface area contributed by atoms with Crippen molar-refractivity contribution in [2.24, 2.45) is 0 Å². The highest BCUT2D eigenvalue weighted by Crippen LogP contribution is 2.42. The highest BCUT2D eigenvalue weighted by Gasteiger charge is 2.36. The summed E-state index contributed by atoms with van der Waals surface area (Å²) < 4.78 is 28.8. The second-order valence-corrected chi connectivity index (χ2v) is 7.72. The van der Waals surface area contributed by atoms with Crippen molar-refractivity contribution >= 4 is 45.9 Å². The van der Waals surface area contributed by atoms with Gasteiger partial charge in [0.25, 0.3) is 11.8 Å². The Hall–Kier alpha value is -4.72. The van der Waals surface area contributed by atoms with E-state index in [1.54, 1.807) is 48.5 Å².